The number of carbonyl (C=O) groups excluding carboxylic acids is 2. The van der Waals surface area contributed by atoms with Crippen molar-refractivity contribution in [1.82, 2.24) is 0 Å². The Bertz CT molecular complexity index is 1270. The predicted octanol–water partition coefficient (Wildman–Crippen LogP) is 4.37. The van der Waals surface area contributed by atoms with Gasteiger partial charge in [-0.15, -0.1) is 0 Å². The summed E-state index contributed by atoms with van der Waals surface area (Å²) >= 11 is 0. The minimum absolute atomic E-state index is 0.292. The van der Waals surface area contributed by atoms with Crippen molar-refractivity contribution in [2.75, 3.05) is 24.2 Å². The quantitative estimate of drug-likeness (QED) is 0.529. The van der Waals surface area contributed by atoms with Crippen molar-refractivity contribution in [3.63, 3.8) is 0 Å². The summed E-state index contributed by atoms with van der Waals surface area (Å²) in [7, 11) is 3.16. The summed E-state index contributed by atoms with van der Waals surface area (Å²) in [5.74, 6) is -0.209. The highest BCUT2D eigenvalue weighted by Crippen LogP contribution is 2.50. The van der Waals surface area contributed by atoms with E-state index in [1.165, 1.54) is 4.90 Å². The van der Waals surface area contributed by atoms with E-state index in [4.69, 9.17) is 14.3 Å². The summed E-state index contributed by atoms with van der Waals surface area (Å²) < 4.78 is 11.0. The van der Waals surface area contributed by atoms with E-state index in [2.05, 4.69) is 0 Å². The van der Waals surface area contributed by atoms with Crippen molar-refractivity contribution in [3.05, 3.63) is 83.4 Å². The van der Waals surface area contributed by atoms with Gasteiger partial charge in [-0.1, -0.05) is 30.3 Å². The van der Waals surface area contributed by atoms with E-state index in [1.807, 2.05) is 68.4 Å². The van der Waals surface area contributed by atoms with Gasteiger partial charge in [-0.3, -0.25) is 14.4 Å². The fourth-order valence-corrected chi connectivity index (χ4v) is 4.83. The number of carbonyl (C=O) groups is 2. The SMILES string of the molecule is COc1ccc(C2C3C(=O)N(c4cccc(C)c4)C(=O)C3ON2c2ccccc2C)c(OC)c1. The van der Waals surface area contributed by atoms with Crippen LogP contribution in [0.1, 0.15) is 22.7 Å². The molecule has 3 aromatic rings. The van der Waals surface area contributed by atoms with Gasteiger partial charge < -0.3 is 9.47 Å². The molecule has 0 bridgehead atoms. The molecule has 3 unspecified atom stereocenters. The van der Waals surface area contributed by atoms with E-state index < -0.39 is 18.1 Å². The second kappa shape index (κ2) is 8.50. The average molecular weight is 459 g/mol. The van der Waals surface area contributed by atoms with Crippen LogP contribution >= 0.6 is 0 Å². The number of imide groups is 1. The van der Waals surface area contributed by atoms with Crippen molar-refractivity contribution in [2.45, 2.75) is 26.0 Å². The number of fused-ring (bicyclic) bond motifs is 1. The highest BCUT2D eigenvalue weighted by molar-refractivity contribution is 6.24. The molecule has 2 aliphatic rings. The second-order valence-corrected chi connectivity index (χ2v) is 8.57. The van der Waals surface area contributed by atoms with Gasteiger partial charge in [0.15, 0.2) is 6.10 Å². The van der Waals surface area contributed by atoms with Gasteiger partial charge in [-0.2, -0.15) is 0 Å². The number of amides is 2. The molecule has 7 nitrogen and oxygen atoms in total. The minimum Gasteiger partial charge on any atom is -0.497 e. The Balaban J connectivity index is 1.65. The zero-order valence-corrected chi connectivity index (χ0v) is 19.5. The molecule has 5 rings (SSSR count). The number of benzene rings is 3. The van der Waals surface area contributed by atoms with E-state index in [9.17, 15) is 9.59 Å². The molecule has 0 spiro atoms. The molecule has 0 radical (unpaired) electrons. The Morgan fingerprint density at radius 3 is 2.35 bits per heavy atom. The number of hydrogen-bond acceptors (Lipinski definition) is 6. The Hall–Kier alpha value is -3.84. The fourth-order valence-electron chi connectivity index (χ4n) is 4.83. The van der Waals surface area contributed by atoms with Crippen molar-refractivity contribution in [1.29, 1.82) is 0 Å². The van der Waals surface area contributed by atoms with Crippen LogP contribution in [0.25, 0.3) is 0 Å². The molecule has 34 heavy (non-hydrogen) atoms. The fraction of sp³-hybridized carbons (Fsp3) is 0.259. The highest BCUT2D eigenvalue weighted by Gasteiger charge is 2.60. The van der Waals surface area contributed by atoms with Crippen LogP contribution in [0.3, 0.4) is 0 Å². The van der Waals surface area contributed by atoms with E-state index >= 15 is 0 Å². The first-order valence-corrected chi connectivity index (χ1v) is 11.1. The average Bonchev–Trinajstić information content (AvgIpc) is 3.34. The van der Waals surface area contributed by atoms with Gasteiger partial charge >= 0.3 is 0 Å². The van der Waals surface area contributed by atoms with Crippen LogP contribution in [0.5, 0.6) is 11.5 Å². The third-order valence-corrected chi connectivity index (χ3v) is 6.49. The lowest BCUT2D eigenvalue weighted by molar-refractivity contribution is -0.126. The lowest BCUT2D eigenvalue weighted by Crippen LogP contribution is -2.37. The number of aryl methyl sites for hydroxylation is 2. The first-order chi connectivity index (χ1) is 16.4. The topological polar surface area (TPSA) is 68.3 Å². The molecule has 3 aromatic carbocycles. The van der Waals surface area contributed by atoms with Crippen LogP contribution in [-0.2, 0) is 14.4 Å². The second-order valence-electron chi connectivity index (χ2n) is 8.57. The van der Waals surface area contributed by atoms with Gasteiger partial charge in [0.2, 0.25) is 5.91 Å². The molecule has 7 heteroatoms. The maximum Gasteiger partial charge on any atom is 0.266 e. The lowest BCUT2D eigenvalue weighted by Gasteiger charge is -2.30. The molecule has 2 aliphatic heterocycles. The van der Waals surface area contributed by atoms with Crippen LogP contribution < -0.4 is 19.4 Å². The third kappa shape index (κ3) is 3.40. The normalized spacial score (nSPS) is 21.7. The highest BCUT2D eigenvalue weighted by atomic mass is 16.7. The summed E-state index contributed by atoms with van der Waals surface area (Å²) in [6.45, 7) is 3.90. The van der Waals surface area contributed by atoms with E-state index in [0.717, 1.165) is 22.4 Å². The summed E-state index contributed by atoms with van der Waals surface area (Å²) in [5, 5.41) is 1.69. The predicted molar refractivity (Wildman–Crippen MR) is 128 cm³/mol. The smallest absolute Gasteiger partial charge is 0.266 e. The first-order valence-electron chi connectivity index (χ1n) is 11.1. The molecule has 174 valence electrons. The largest absolute Gasteiger partial charge is 0.497 e. The van der Waals surface area contributed by atoms with Crippen molar-refractivity contribution in [2.24, 2.45) is 5.92 Å². The summed E-state index contributed by atoms with van der Waals surface area (Å²) in [4.78, 5) is 34.8. The molecule has 0 aromatic heterocycles. The number of methoxy groups -OCH3 is 2. The van der Waals surface area contributed by atoms with Crippen molar-refractivity contribution in [3.8, 4) is 11.5 Å². The molecule has 2 fully saturated rings. The van der Waals surface area contributed by atoms with Crippen molar-refractivity contribution >= 4 is 23.2 Å². The third-order valence-electron chi connectivity index (χ3n) is 6.49. The molecule has 3 atom stereocenters. The number of ether oxygens (including phenoxy) is 2. The van der Waals surface area contributed by atoms with Crippen LogP contribution in [0.2, 0.25) is 0 Å². The van der Waals surface area contributed by atoms with Crippen LogP contribution in [0.15, 0.2) is 66.7 Å². The molecule has 0 N–H and O–H groups in total. The van der Waals surface area contributed by atoms with Gasteiger partial charge in [0, 0.05) is 11.6 Å². The maximum absolute atomic E-state index is 13.8. The molecule has 0 aliphatic carbocycles. The number of anilines is 2. The number of rotatable bonds is 5. The van der Waals surface area contributed by atoms with Gasteiger partial charge in [0.25, 0.3) is 5.91 Å². The molecule has 2 amide bonds. The number of nitrogens with zero attached hydrogens (tertiary/aromatic N) is 2. The van der Waals surface area contributed by atoms with Crippen LogP contribution in [0, 0.1) is 19.8 Å². The Labute approximate surface area is 198 Å². The first kappa shape index (κ1) is 22.0. The van der Waals surface area contributed by atoms with E-state index in [-0.39, 0.29) is 11.8 Å². The molecular weight excluding hydrogens is 432 g/mol. The van der Waals surface area contributed by atoms with E-state index in [1.54, 1.807) is 31.4 Å². The summed E-state index contributed by atoms with van der Waals surface area (Å²) in [6.07, 6.45) is -0.940. The van der Waals surface area contributed by atoms with Gasteiger partial charge in [0.05, 0.1) is 31.6 Å². The molecule has 2 heterocycles. The molecular formula is C27H26N2O5. The monoisotopic (exact) mass is 458 g/mol. The van der Waals surface area contributed by atoms with Gasteiger partial charge in [-0.05, 0) is 55.3 Å². The van der Waals surface area contributed by atoms with Gasteiger partial charge in [0.1, 0.15) is 17.4 Å². The van der Waals surface area contributed by atoms with Gasteiger partial charge in [-0.25, -0.2) is 9.96 Å². The van der Waals surface area contributed by atoms with Crippen molar-refractivity contribution < 1.29 is 23.9 Å². The zero-order chi connectivity index (χ0) is 24.0. The molecule has 0 saturated carbocycles. The number of hydroxylamine groups is 1. The summed E-state index contributed by atoms with van der Waals surface area (Å²) in [6, 6.07) is 20.0. The molecule has 2 saturated heterocycles. The lowest BCUT2D eigenvalue weighted by atomic mass is 9.89. The Morgan fingerprint density at radius 2 is 1.65 bits per heavy atom. The minimum atomic E-state index is -0.940. The number of para-hydroxylation sites is 1. The summed E-state index contributed by atoms with van der Waals surface area (Å²) in [5.41, 5.74) is 4.02. The van der Waals surface area contributed by atoms with E-state index in [0.29, 0.717) is 17.2 Å². The standard InChI is InChI=1S/C27H26N2O5/c1-16-8-7-10-18(14-16)28-26(30)23-24(20-13-12-19(32-3)15-22(20)33-4)29(34-25(23)27(28)31)21-11-6-5-9-17(21)2/h5-15,23-25H,1-4H3. The zero-order valence-electron chi connectivity index (χ0n) is 19.5. The van der Waals surface area contributed by atoms with Crippen LogP contribution in [0.4, 0.5) is 11.4 Å². The van der Waals surface area contributed by atoms with Crippen LogP contribution in [-0.4, -0.2) is 32.1 Å². The Kier molecular flexibility index (Phi) is 5.49. The Morgan fingerprint density at radius 1 is 0.853 bits per heavy atom. The number of hydrogen-bond donors (Lipinski definition) is 0. The maximum atomic E-state index is 13.8.